The van der Waals surface area contributed by atoms with E-state index in [0.29, 0.717) is 6.61 Å². The van der Waals surface area contributed by atoms with Crippen molar-refractivity contribution in [2.45, 2.75) is 13.5 Å². The molecule has 0 bridgehead atoms. The van der Waals surface area contributed by atoms with Gasteiger partial charge in [-0.3, -0.25) is 9.69 Å². The van der Waals surface area contributed by atoms with Gasteiger partial charge in [-0.2, -0.15) is 0 Å². The van der Waals surface area contributed by atoms with Crippen molar-refractivity contribution in [3.63, 3.8) is 0 Å². The van der Waals surface area contributed by atoms with Crippen LogP contribution in [-0.2, 0) is 11.3 Å². The Labute approximate surface area is 144 Å². The minimum atomic E-state index is -0.564. The van der Waals surface area contributed by atoms with Crippen LogP contribution in [0.4, 0.5) is 9.18 Å². The Balaban J connectivity index is 1.77. The van der Waals surface area contributed by atoms with Crippen LogP contribution in [-0.4, -0.2) is 23.4 Å². The summed E-state index contributed by atoms with van der Waals surface area (Å²) in [5, 5.41) is 2.53. The number of hydrogen-bond acceptors (Lipinski definition) is 3. The smallest absolute Gasteiger partial charge is 0.329 e. The van der Waals surface area contributed by atoms with Crippen molar-refractivity contribution >= 4 is 18.0 Å². The normalized spacial score (nSPS) is 15.6. The zero-order chi connectivity index (χ0) is 17.8. The summed E-state index contributed by atoms with van der Waals surface area (Å²) < 4.78 is 19.1. The second-order valence-corrected chi connectivity index (χ2v) is 5.47. The van der Waals surface area contributed by atoms with Crippen LogP contribution in [0.15, 0.2) is 54.2 Å². The summed E-state index contributed by atoms with van der Waals surface area (Å²) in [7, 11) is 0. The Kier molecular flexibility index (Phi) is 4.79. The third-order valence-corrected chi connectivity index (χ3v) is 3.75. The van der Waals surface area contributed by atoms with Gasteiger partial charge in [0.15, 0.2) is 0 Å². The van der Waals surface area contributed by atoms with E-state index >= 15 is 0 Å². The summed E-state index contributed by atoms with van der Waals surface area (Å²) >= 11 is 0. The van der Waals surface area contributed by atoms with Crippen molar-refractivity contribution in [3.05, 3.63) is 71.2 Å². The summed E-state index contributed by atoms with van der Waals surface area (Å²) in [5.41, 5.74) is 1.19. The van der Waals surface area contributed by atoms with Gasteiger partial charge in [0, 0.05) is 5.56 Å². The predicted molar refractivity (Wildman–Crippen MR) is 91.1 cm³/mol. The zero-order valence-electron chi connectivity index (χ0n) is 13.7. The van der Waals surface area contributed by atoms with Crippen LogP contribution in [0.2, 0.25) is 0 Å². The molecule has 1 aliphatic rings. The number of nitrogens with zero attached hydrogens (tertiary/aromatic N) is 1. The number of rotatable bonds is 5. The van der Waals surface area contributed by atoms with Gasteiger partial charge in [0.25, 0.3) is 5.91 Å². The van der Waals surface area contributed by atoms with Gasteiger partial charge >= 0.3 is 6.03 Å². The summed E-state index contributed by atoms with van der Waals surface area (Å²) in [6.45, 7) is 2.35. The number of hydrogen-bond donors (Lipinski definition) is 1. The van der Waals surface area contributed by atoms with Crippen molar-refractivity contribution in [3.8, 4) is 5.75 Å². The van der Waals surface area contributed by atoms with Gasteiger partial charge < -0.3 is 10.1 Å². The Bertz CT molecular complexity index is 831. The van der Waals surface area contributed by atoms with E-state index in [2.05, 4.69) is 5.32 Å². The van der Waals surface area contributed by atoms with Gasteiger partial charge in [-0.25, -0.2) is 9.18 Å². The van der Waals surface area contributed by atoms with E-state index in [1.807, 2.05) is 6.92 Å². The average Bonchev–Trinajstić information content (AvgIpc) is 2.86. The van der Waals surface area contributed by atoms with Gasteiger partial charge in [-0.1, -0.05) is 30.3 Å². The topological polar surface area (TPSA) is 58.6 Å². The molecule has 3 amide bonds. The number of imide groups is 1. The van der Waals surface area contributed by atoms with Crippen LogP contribution in [0.1, 0.15) is 18.1 Å². The molecule has 0 atom stereocenters. The van der Waals surface area contributed by atoms with Crippen molar-refractivity contribution in [1.82, 2.24) is 10.2 Å². The lowest BCUT2D eigenvalue weighted by Gasteiger charge is -2.12. The van der Waals surface area contributed by atoms with Gasteiger partial charge in [0.1, 0.15) is 17.3 Å². The monoisotopic (exact) mass is 340 g/mol. The van der Waals surface area contributed by atoms with Crippen molar-refractivity contribution in [2.75, 3.05) is 6.61 Å². The van der Waals surface area contributed by atoms with Crippen molar-refractivity contribution in [2.24, 2.45) is 0 Å². The highest BCUT2D eigenvalue weighted by Gasteiger charge is 2.33. The van der Waals surface area contributed by atoms with E-state index in [9.17, 15) is 14.0 Å². The first-order chi connectivity index (χ1) is 12.1. The summed E-state index contributed by atoms with van der Waals surface area (Å²) in [6, 6.07) is 12.6. The lowest BCUT2D eigenvalue weighted by Crippen LogP contribution is -2.30. The molecule has 1 heterocycles. The molecule has 3 rings (SSSR count). The van der Waals surface area contributed by atoms with Gasteiger partial charge in [-0.15, -0.1) is 0 Å². The van der Waals surface area contributed by atoms with Crippen LogP contribution in [0.3, 0.4) is 0 Å². The molecule has 1 N–H and O–H groups in total. The minimum absolute atomic E-state index is 0.113. The number of nitrogens with one attached hydrogen (secondary N) is 1. The third-order valence-electron chi connectivity index (χ3n) is 3.75. The molecule has 6 heteroatoms. The van der Waals surface area contributed by atoms with Crippen LogP contribution >= 0.6 is 0 Å². The third kappa shape index (κ3) is 3.68. The quantitative estimate of drug-likeness (QED) is 0.671. The number of benzene rings is 2. The Hall–Kier alpha value is -3.15. The molecular formula is C19H17FN2O3. The molecule has 0 radical (unpaired) electrons. The average molecular weight is 340 g/mol. The first kappa shape index (κ1) is 16.7. The van der Waals surface area contributed by atoms with Crippen LogP contribution in [0.25, 0.3) is 6.08 Å². The van der Waals surface area contributed by atoms with Gasteiger partial charge in [-0.05, 0) is 36.8 Å². The molecule has 128 valence electrons. The van der Waals surface area contributed by atoms with Crippen LogP contribution < -0.4 is 10.1 Å². The maximum atomic E-state index is 13.7. The molecule has 0 unspecified atom stereocenters. The Morgan fingerprint density at radius 1 is 1.12 bits per heavy atom. The van der Waals surface area contributed by atoms with Crippen molar-refractivity contribution < 1.29 is 18.7 Å². The first-order valence-electron chi connectivity index (χ1n) is 7.89. The molecular weight excluding hydrogens is 323 g/mol. The Morgan fingerprint density at radius 2 is 1.84 bits per heavy atom. The largest absolute Gasteiger partial charge is 0.494 e. The van der Waals surface area contributed by atoms with E-state index in [4.69, 9.17) is 4.74 Å². The SMILES string of the molecule is CCOc1ccc(C=C2NC(=O)N(Cc3ccccc3F)C2=O)cc1. The second kappa shape index (κ2) is 7.17. The summed E-state index contributed by atoms with van der Waals surface area (Å²) in [4.78, 5) is 25.5. The number of carbonyl (C=O) groups is 2. The number of ether oxygens (including phenoxy) is 1. The van der Waals surface area contributed by atoms with E-state index < -0.39 is 17.8 Å². The molecule has 2 aromatic rings. The molecule has 1 saturated heterocycles. The molecule has 1 aliphatic heterocycles. The highest BCUT2D eigenvalue weighted by molar-refractivity contribution is 6.13. The molecule has 0 saturated carbocycles. The van der Waals surface area contributed by atoms with E-state index in [-0.39, 0.29) is 17.8 Å². The van der Waals surface area contributed by atoms with Gasteiger partial charge in [0.2, 0.25) is 0 Å². The summed E-state index contributed by atoms with van der Waals surface area (Å²) in [5.74, 6) is -0.207. The molecule has 2 aromatic carbocycles. The fourth-order valence-electron chi connectivity index (χ4n) is 2.51. The molecule has 0 spiro atoms. The van der Waals surface area contributed by atoms with Gasteiger partial charge in [0.05, 0.1) is 13.2 Å². The lowest BCUT2D eigenvalue weighted by atomic mass is 10.1. The maximum Gasteiger partial charge on any atom is 0.329 e. The fourth-order valence-corrected chi connectivity index (χ4v) is 2.51. The zero-order valence-corrected chi connectivity index (χ0v) is 13.7. The fraction of sp³-hybridized carbons (Fsp3) is 0.158. The van der Waals surface area contributed by atoms with Crippen LogP contribution in [0, 0.1) is 5.82 Å². The molecule has 0 aromatic heterocycles. The molecule has 1 fully saturated rings. The van der Waals surface area contributed by atoms with E-state index in [0.717, 1.165) is 16.2 Å². The maximum absolute atomic E-state index is 13.7. The first-order valence-corrected chi connectivity index (χ1v) is 7.89. The highest BCUT2D eigenvalue weighted by Crippen LogP contribution is 2.19. The van der Waals surface area contributed by atoms with E-state index in [1.165, 1.54) is 6.07 Å². The highest BCUT2D eigenvalue weighted by atomic mass is 19.1. The Morgan fingerprint density at radius 3 is 2.52 bits per heavy atom. The predicted octanol–water partition coefficient (Wildman–Crippen LogP) is 3.32. The van der Waals surface area contributed by atoms with Crippen LogP contribution in [0.5, 0.6) is 5.75 Å². The molecule has 0 aliphatic carbocycles. The second-order valence-electron chi connectivity index (χ2n) is 5.47. The standard InChI is InChI=1S/C19H17FN2O3/c1-2-25-15-9-7-13(8-10-15)11-17-18(23)22(19(24)21-17)12-14-5-3-4-6-16(14)20/h3-11H,2,12H2,1H3,(H,21,24). The van der Waals surface area contributed by atoms with Crippen molar-refractivity contribution in [1.29, 1.82) is 0 Å². The summed E-state index contributed by atoms with van der Waals surface area (Å²) in [6.07, 6.45) is 1.58. The van der Waals surface area contributed by atoms with E-state index in [1.54, 1.807) is 48.5 Å². The number of halogens is 1. The molecule has 5 nitrogen and oxygen atoms in total. The number of carbonyl (C=O) groups excluding carboxylic acids is 2. The number of urea groups is 1. The molecule has 25 heavy (non-hydrogen) atoms. The number of amides is 3. The lowest BCUT2D eigenvalue weighted by molar-refractivity contribution is -0.123. The minimum Gasteiger partial charge on any atom is -0.494 e.